The number of nitrogens with zero attached hydrogens (tertiary/aromatic N) is 3. The zero-order chi connectivity index (χ0) is 24.1. The van der Waals surface area contributed by atoms with Gasteiger partial charge >= 0.3 is 0 Å². The molecule has 0 saturated heterocycles. The fraction of sp³-hybridized carbons (Fsp3) is 0.0385. The number of non-ortho nitro benzene ring substituents is 1. The maximum absolute atomic E-state index is 11.7. The summed E-state index contributed by atoms with van der Waals surface area (Å²) in [5, 5.41) is 21.6. The van der Waals surface area contributed by atoms with E-state index in [2.05, 4.69) is 6.07 Å². The lowest BCUT2D eigenvalue weighted by Gasteiger charge is -2.13. The van der Waals surface area contributed by atoms with Crippen LogP contribution in [-0.2, 0) is 0 Å². The molecule has 8 heteroatoms. The molecule has 0 aliphatic heterocycles. The summed E-state index contributed by atoms with van der Waals surface area (Å²) in [6, 6.07) is 25.0. The Kier molecular flexibility index (Phi) is 6.67. The number of aldehydes is 1. The summed E-state index contributed by atoms with van der Waals surface area (Å²) in [5.41, 5.74) is 3.31. The largest absolute Gasteiger partial charge is 0.497 e. The van der Waals surface area contributed by atoms with E-state index in [1.54, 1.807) is 7.11 Å². The minimum absolute atomic E-state index is 0.154. The summed E-state index contributed by atoms with van der Waals surface area (Å²) >= 11 is 1.12. The molecule has 1 aromatic heterocycles. The monoisotopic (exact) mass is 467 g/mol. The highest BCUT2D eigenvalue weighted by molar-refractivity contribution is 7.99. The molecule has 3 aromatic carbocycles. The van der Waals surface area contributed by atoms with Gasteiger partial charge in [0, 0.05) is 33.7 Å². The minimum atomic E-state index is -0.557. The summed E-state index contributed by atoms with van der Waals surface area (Å²) in [4.78, 5) is 27.4. The number of benzene rings is 3. The summed E-state index contributed by atoms with van der Waals surface area (Å²) in [5.74, 6) is 0.690. The number of hydrogen-bond acceptors (Lipinski definition) is 7. The van der Waals surface area contributed by atoms with Crippen molar-refractivity contribution in [3.8, 4) is 34.2 Å². The molecule has 34 heavy (non-hydrogen) atoms. The number of hydrogen-bond donors (Lipinski definition) is 0. The first-order valence-corrected chi connectivity index (χ1v) is 10.9. The van der Waals surface area contributed by atoms with Crippen LogP contribution in [0.5, 0.6) is 5.75 Å². The van der Waals surface area contributed by atoms with Crippen molar-refractivity contribution >= 4 is 23.7 Å². The predicted octanol–water partition coefficient (Wildman–Crippen LogP) is 6.17. The molecule has 166 valence electrons. The van der Waals surface area contributed by atoms with E-state index in [1.165, 1.54) is 18.2 Å². The Labute approximate surface area is 199 Å². The number of carbonyl (C=O) groups is 1. The predicted molar refractivity (Wildman–Crippen MR) is 129 cm³/mol. The molecule has 0 spiro atoms. The Hall–Kier alpha value is -4.48. The highest BCUT2D eigenvalue weighted by Gasteiger charge is 2.19. The smallest absolute Gasteiger partial charge is 0.270 e. The van der Waals surface area contributed by atoms with Crippen LogP contribution in [0, 0.1) is 21.4 Å². The first-order chi connectivity index (χ1) is 16.5. The molecule has 0 amide bonds. The Morgan fingerprint density at radius 3 is 2.38 bits per heavy atom. The summed E-state index contributed by atoms with van der Waals surface area (Å²) in [7, 11) is 1.58. The molecule has 7 nitrogen and oxygen atoms in total. The van der Waals surface area contributed by atoms with Gasteiger partial charge in [-0.2, -0.15) is 5.26 Å². The van der Waals surface area contributed by atoms with E-state index in [9.17, 15) is 20.2 Å². The maximum Gasteiger partial charge on any atom is 0.270 e. The van der Waals surface area contributed by atoms with Gasteiger partial charge < -0.3 is 4.74 Å². The van der Waals surface area contributed by atoms with Crippen molar-refractivity contribution < 1.29 is 14.5 Å². The zero-order valence-corrected chi connectivity index (χ0v) is 18.8. The molecule has 0 bridgehead atoms. The second-order valence-electron chi connectivity index (χ2n) is 7.14. The molecule has 0 aliphatic rings. The number of aromatic nitrogens is 1. The number of rotatable bonds is 7. The van der Waals surface area contributed by atoms with Gasteiger partial charge in [0.15, 0.2) is 6.29 Å². The van der Waals surface area contributed by atoms with Gasteiger partial charge in [0.2, 0.25) is 0 Å². The van der Waals surface area contributed by atoms with Gasteiger partial charge in [0.05, 0.1) is 23.3 Å². The van der Waals surface area contributed by atoms with Crippen molar-refractivity contribution in [1.29, 1.82) is 5.26 Å². The van der Waals surface area contributed by atoms with Crippen molar-refractivity contribution in [3.63, 3.8) is 0 Å². The molecule has 0 radical (unpaired) electrons. The first-order valence-electron chi connectivity index (χ1n) is 10.1. The number of methoxy groups -OCH3 is 1. The van der Waals surface area contributed by atoms with Gasteiger partial charge in [-0.1, -0.05) is 54.2 Å². The topological polar surface area (TPSA) is 106 Å². The van der Waals surface area contributed by atoms with Crippen molar-refractivity contribution in [2.75, 3.05) is 7.11 Å². The summed E-state index contributed by atoms with van der Waals surface area (Å²) in [6.45, 7) is 0. The zero-order valence-electron chi connectivity index (χ0n) is 18.0. The molecular weight excluding hydrogens is 450 g/mol. The van der Waals surface area contributed by atoms with Crippen LogP contribution in [0.3, 0.4) is 0 Å². The number of nitriles is 1. The van der Waals surface area contributed by atoms with Crippen molar-refractivity contribution in [2.24, 2.45) is 0 Å². The van der Waals surface area contributed by atoms with Gasteiger partial charge in [0.1, 0.15) is 16.8 Å². The second-order valence-corrected chi connectivity index (χ2v) is 8.17. The number of pyridine rings is 1. The van der Waals surface area contributed by atoms with E-state index in [0.29, 0.717) is 38.8 Å². The standard InChI is InChI=1S/C26H17N3O4S/c1-33-21-10-7-17(8-11-21)22-14-24(18-5-3-2-4-6-18)28-26(23(22)15-27)34-25-12-9-20(29(31)32)13-19(25)16-30/h2-14,16H,1H3. The number of nitro benzene ring substituents is 1. The average Bonchev–Trinajstić information content (AvgIpc) is 2.88. The van der Waals surface area contributed by atoms with Crippen LogP contribution in [0.25, 0.3) is 22.4 Å². The molecule has 0 atom stereocenters. The third-order valence-electron chi connectivity index (χ3n) is 5.11. The van der Waals surface area contributed by atoms with Gasteiger partial charge in [0.25, 0.3) is 5.69 Å². The molecular formula is C26H17N3O4S. The highest BCUT2D eigenvalue weighted by Crippen LogP contribution is 2.39. The molecule has 4 aromatic rings. The fourth-order valence-corrected chi connectivity index (χ4v) is 4.37. The van der Waals surface area contributed by atoms with Gasteiger partial charge in [-0.3, -0.25) is 14.9 Å². The van der Waals surface area contributed by atoms with Crippen molar-refractivity contribution in [2.45, 2.75) is 9.92 Å². The number of ether oxygens (including phenoxy) is 1. The van der Waals surface area contributed by atoms with Gasteiger partial charge in [-0.05, 0) is 29.8 Å². The van der Waals surface area contributed by atoms with Crippen LogP contribution >= 0.6 is 11.8 Å². The lowest BCUT2D eigenvalue weighted by Crippen LogP contribution is -1.97. The Morgan fingerprint density at radius 2 is 1.76 bits per heavy atom. The Bertz CT molecular complexity index is 1410. The van der Waals surface area contributed by atoms with Crippen molar-refractivity contribution in [1.82, 2.24) is 4.98 Å². The van der Waals surface area contributed by atoms with Gasteiger partial charge in [-0.15, -0.1) is 0 Å². The highest BCUT2D eigenvalue weighted by atomic mass is 32.2. The van der Waals surface area contributed by atoms with E-state index >= 15 is 0 Å². The third-order valence-corrected chi connectivity index (χ3v) is 6.19. The summed E-state index contributed by atoms with van der Waals surface area (Å²) in [6.07, 6.45) is 0.562. The van der Waals surface area contributed by atoms with Gasteiger partial charge in [-0.25, -0.2) is 4.98 Å². The van der Waals surface area contributed by atoms with Crippen LogP contribution < -0.4 is 4.74 Å². The van der Waals surface area contributed by atoms with E-state index < -0.39 is 4.92 Å². The molecule has 0 saturated carbocycles. The number of carbonyl (C=O) groups excluding carboxylic acids is 1. The van der Waals surface area contributed by atoms with Crippen LogP contribution in [0.1, 0.15) is 15.9 Å². The van der Waals surface area contributed by atoms with Crippen LogP contribution in [0.15, 0.2) is 88.8 Å². The number of nitro groups is 1. The molecule has 4 rings (SSSR count). The average molecular weight is 468 g/mol. The molecule has 0 N–H and O–H groups in total. The first kappa shape index (κ1) is 22.7. The lowest BCUT2D eigenvalue weighted by atomic mass is 9.99. The molecule has 0 fully saturated rings. The van der Waals surface area contributed by atoms with E-state index in [0.717, 1.165) is 22.9 Å². The van der Waals surface area contributed by atoms with Crippen LogP contribution in [-0.4, -0.2) is 23.3 Å². The quantitative estimate of drug-likeness (QED) is 0.182. The fourth-order valence-electron chi connectivity index (χ4n) is 3.40. The normalized spacial score (nSPS) is 10.4. The SMILES string of the molecule is COc1ccc(-c2cc(-c3ccccc3)nc(Sc3ccc([N+](=O)[O-])cc3C=O)c2C#N)cc1. The third kappa shape index (κ3) is 4.65. The van der Waals surface area contributed by atoms with E-state index in [1.807, 2.05) is 60.7 Å². The molecule has 0 unspecified atom stereocenters. The Morgan fingerprint density at radius 1 is 1.03 bits per heavy atom. The minimum Gasteiger partial charge on any atom is -0.497 e. The summed E-state index contributed by atoms with van der Waals surface area (Å²) < 4.78 is 5.25. The van der Waals surface area contributed by atoms with E-state index in [-0.39, 0.29) is 11.3 Å². The lowest BCUT2D eigenvalue weighted by molar-refractivity contribution is -0.384. The molecule has 1 heterocycles. The maximum atomic E-state index is 11.7. The van der Waals surface area contributed by atoms with E-state index in [4.69, 9.17) is 9.72 Å². The van der Waals surface area contributed by atoms with Crippen LogP contribution in [0.2, 0.25) is 0 Å². The molecule has 0 aliphatic carbocycles. The van der Waals surface area contributed by atoms with Crippen LogP contribution in [0.4, 0.5) is 5.69 Å². The Balaban J connectivity index is 1.90. The van der Waals surface area contributed by atoms with Crippen molar-refractivity contribution in [3.05, 3.63) is 100 Å². The second kappa shape index (κ2) is 9.98.